The molecule has 6 nitrogen and oxygen atoms in total. The van der Waals surface area contributed by atoms with Crippen molar-refractivity contribution in [2.75, 3.05) is 0 Å². The number of rotatable bonds is 3. The lowest BCUT2D eigenvalue weighted by Crippen LogP contribution is -2.36. The van der Waals surface area contributed by atoms with Crippen LogP contribution in [0.4, 0.5) is 0 Å². The summed E-state index contributed by atoms with van der Waals surface area (Å²) < 4.78 is 66.4. The van der Waals surface area contributed by atoms with Crippen LogP contribution in [0.1, 0.15) is 44.5 Å². The van der Waals surface area contributed by atoms with Gasteiger partial charge < -0.3 is 9.13 Å². The van der Waals surface area contributed by atoms with E-state index in [1.807, 2.05) is 60.7 Å². The van der Waals surface area contributed by atoms with Crippen LogP contribution in [0.5, 0.6) is 0 Å². The Morgan fingerprint density at radius 1 is 0.256 bits per heavy atom. The highest BCUT2D eigenvalue weighted by Gasteiger charge is 2.56. The number of nitrogens with zero attached hydrogens (tertiary/aromatic N) is 2. The standard InChI is InChI=1S/C74H44N2O4S2/c77-81(78)67-31-15-11-27-59(67)73(55-23-7-1-17-49(55)50-18-2-8-24-56(50)73)61-41-43-65-69(71(61)81)53-21-5-13-29-63(53)75(65)47-37-33-45(34-38-47)46-35-39-48(40-36-46)76-64-30-14-6-22-54(64)70-66(76)44-42-62-72(70)82(79,80)68-32-16-12-28-60(68)74(62)57-25-9-3-19-51(57)52-20-4-10-26-58(52)74/h1-44H. The molecule has 18 rings (SSSR count). The molecule has 0 unspecified atom stereocenters. The van der Waals surface area contributed by atoms with Gasteiger partial charge in [-0.2, -0.15) is 0 Å². The zero-order valence-electron chi connectivity index (χ0n) is 43.7. The van der Waals surface area contributed by atoms with Crippen LogP contribution in [-0.2, 0) is 30.5 Å². The lowest BCUT2D eigenvalue weighted by Gasteiger charge is -2.39. The highest BCUT2D eigenvalue weighted by molar-refractivity contribution is 7.92. The molecule has 0 saturated heterocycles. The smallest absolute Gasteiger partial charge is 0.207 e. The van der Waals surface area contributed by atoms with Gasteiger partial charge in [-0.1, -0.05) is 206 Å². The van der Waals surface area contributed by atoms with Gasteiger partial charge in [0.25, 0.3) is 0 Å². The number of hydrogen-bond donors (Lipinski definition) is 0. The summed E-state index contributed by atoms with van der Waals surface area (Å²) in [5, 5.41) is 3.16. The maximum absolute atomic E-state index is 15.5. The van der Waals surface area contributed by atoms with Crippen molar-refractivity contribution >= 4 is 63.3 Å². The third-order valence-electron chi connectivity index (χ3n) is 18.6. The van der Waals surface area contributed by atoms with Crippen molar-refractivity contribution in [3.05, 3.63) is 311 Å². The van der Waals surface area contributed by atoms with Gasteiger partial charge in [-0.3, -0.25) is 0 Å². The van der Waals surface area contributed by atoms with E-state index >= 15 is 16.8 Å². The molecule has 0 amide bonds. The molecule has 0 atom stereocenters. The molecule has 4 aliphatic rings. The lowest BCUT2D eigenvalue weighted by molar-refractivity contribution is 0.580. The third-order valence-corrected chi connectivity index (χ3v) is 22.4. The molecule has 0 fully saturated rings. The molecule has 2 aromatic heterocycles. The number of fused-ring (bicyclic) bond motifs is 26. The van der Waals surface area contributed by atoms with Crippen molar-refractivity contribution in [1.82, 2.24) is 9.13 Å². The quantitative estimate of drug-likeness (QED) is 0.177. The molecule has 0 N–H and O–H groups in total. The molecule has 0 radical (unpaired) electrons. The molecule has 0 bridgehead atoms. The van der Waals surface area contributed by atoms with E-state index in [-0.39, 0.29) is 0 Å². The van der Waals surface area contributed by atoms with E-state index in [1.54, 1.807) is 12.1 Å². The van der Waals surface area contributed by atoms with Crippen molar-refractivity contribution in [3.8, 4) is 44.8 Å². The highest BCUT2D eigenvalue weighted by atomic mass is 32.2. The van der Waals surface area contributed by atoms with Crippen molar-refractivity contribution in [2.45, 2.75) is 30.4 Å². The van der Waals surface area contributed by atoms with E-state index in [9.17, 15) is 0 Å². The van der Waals surface area contributed by atoms with Gasteiger partial charge in [-0.05, 0) is 139 Å². The molecule has 14 aromatic rings. The number of para-hydroxylation sites is 2. The molecule has 386 valence electrons. The van der Waals surface area contributed by atoms with Crippen LogP contribution in [0.3, 0.4) is 0 Å². The first kappa shape index (κ1) is 45.9. The van der Waals surface area contributed by atoms with Gasteiger partial charge in [0.15, 0.2) is 0 Å². The van der Waals surface area contributed by atoms with Gasteiger partial charge in [0.05, 0.1) is 52.5 Å². The van der Waals surface area contributed by atoms with Gasteiger partial charge in [0.2, 0.25) is 19.7 Å². The first-order chi connectivity index (χ1) is 40.2. The maximum atomic E-state index is 15.5. The molecule has 4 heterocycles. The number of aromatic nitrogens is 2. The van der Waals surface area contributed by atoms with Gasteiger partial charge in [0.1, 0.15) is 0 Å². The summed E-state index contributed by atoms with van der Waals surface area (Å²) in [6, 6.07) is 90.7. The Kier molecular flexibility index (Phi) is 8.94. The summed E-state index contributed by atoms with van der Waals surface area (Å²) in [5.41, 5.74) is 17.4. The normalized spacial score (nSPS) is 15.7. The van der Waals surface area contributed by atoms with E-state index in [0.29, 0.717) is 30.4 Å². The van der Waals surface area contributed by atoms with Crippen molar-refractivity contribution in [1.29, 1.82) is 0 Å². The Labute approximate surface area is 472 Å². The molecule has 2 spiro atoms. The summed E-state index contributed by atoms with van der Waals surface area (Å²) in [5.74, 6) is 0. The van der Waals surface area contributed by atoms with E-state index in [0.717, 1.165) is 122 Å². The minimum absolute atomic E-state index is 0.333. The van der Waals surface area contributed by atoms with Crippen LogP contribution in [0.25, 0.3) is 88.4 Å². The first-order valence-electron chi connectivity index (χ1n) is 27.7. The summed E-state index contributed by atoms with van der Waals surface area (Å²) >= 11 is 0. The zero-order valence-corrected chi connectivity index (χ0v) is 45.4. The van der Waals surface area contributed by atoms with Crippen LogP contribution in [-0.4, -0.2) is 26.0 Å². The molecular formula is C74H44N2O4S2. The molecule has 8 heteroatoms. The molecule has 0 saturated carbocycles. The van der Waals surface area contributed by atoms with E-state index in [1.165, 1.54) is 0 Å². The van der Waals surface area contributed by atoms with Gasteiger partial charge >= 0.3 is 0 Å². The molecule has 2 aliphatic heterocycles. The SMILES string of the molecule is O=S1(=O)c2ccccc2C2(c3ccccc3-c3ccccc32)c2ccc3c(c21)c1ccccc1n3-c1ccc(-c2ccc(-n3c4ccccc4c4c5c(ccc43)C3(c4ccccc4-c4ccccc43)c3ccccc3S5(=O)=O)cc2)cc1. The summed E-state index contributed by atoms with van der Waals surface area (Å²) in [7, 11) is -8.06. The molecule has 82 heavy (non-hydrogen) atoms. The second-order valence-corrected chi connectivity index (χ2v) is 25.9. The summed E-state index contributed by atoms with van der Waals surface area (Å²) in [6.45, 7) is 0. The average molecular weight is 1090 g/mol. The number of sulfone groups is 2. The monoisotopic (exact) mass is 1090 g/mol. The summed E-state index contributed by atoms with van der Waals surface area (Å²) in [4.78, 5) is 1.37. The topological polar surface area (TPSA) is 78.1 Å². The fourth-order valence-electron chi connectivity index (χ4n) is 15.5. The van der Waals surface area contributed by atoms with Crippen LogP contribution < -0.4 is 0 Å². The largest absolute Gasteiger partial charge is 0.309 e. The number of hydrogen-bond acceptors (Lipinski definition) is 4. The van der Waals surface area contributed by atoms with E-state index in [4.69, 9.17) is 0 Å². The average Bonchev–Trinajstić information content (AvgIpc) is 1.45. The fourth-order valence-corrected chi connectivity index (χ4v) is 19.5. The molecular weight excluding hydrogens is 1040 g/mol. The van der Waals surface area contributed by atoms with Crippen LogP contribution in [0.2, 0.25) is 0 Å². The Balaban J connectivity index is 0.774. The maximum Gasteiger partial charge on any atom is 0.207 e. The van der Waals surface area contributed by atoms with E-state index in [2.05, 4.69) is 203 Å². The van der Waals surface area contributed by atoms with Crippen LogP contribution in [0, 0.1) is 0 Å². The van der Waals surface area contributed by atoms with Crippen LogP contribution in [0.15, 0.2) is 287 Å². The third kappa shape index (κ3) is 5.45. The number of benzene rings is 12. The van der Waals surface area contributed by atoms with Gasteiger partial charge in [0, 0.05) is 32.9 Å². The molecule has 2 aliphatic carbocycles. The minimum atomic E-state index is -4.03. The Hall–Kier alpha value is -9.86. The first-order valence-corrected chi connectivity index (χ1v) is 30.6. The summed E-state index contributed by atoms with van der Waals surface area (Å²) in [6.07, 6.45) is 0. The second kappa shape index (κ2) is 15.9. The zero-order chi connectivity index (χ0) is 54.4. The van der Waals surface area contributed by atoms with Crippen molar-refractivity contribution in [3.63, 3.8) is 0 Å². The minimum Gasteiger partial charge on any atom is -0.309 e. The van der Waals surface area contributed by atoms with Crippen molar-refractivity contribution in [2.24, 2.45) is 0 Å². The Morgan fingerprint density at radius 3 is 0.927 bits per heavy atom. The fraction of sp³-hybridized carbons (Fsp3) is 0.0270. The van der Waals surface area contributed by atoms with E-state index < -0.39 is 30.5 Å². The lowest BCUT2D eigenvalue weighted by atomic mass is 9.67. The van der Waals surface area contributed by atoms with Gasteiger partial charge in [-0.25, -0.2) is 16.8 Å². The molecule has 12 aromatic carbocycles. The van der Waals surface area contributed by atoms with Gasteiger partial charge in [-0.15, -0.1) is 0 Å². The Bertz CT molecular complexity index is 5010. The predicted molar refractivity (Wildman–Crippen MR) is 326 cm³/mol. The van der Waals surface area contributed by atoms with Crippen molar-refractivity contribution < 1.29 is 16.8 Å². The Morgan fingerprint density at radius 2 is 0.561 bits per heavy atom. The predicted octanol–water partition coefficient (Wildman–Crippen LogP) is 16.6. The van der Waals surface area contributed by atoms with Crippen LogP contribution >= 0.6 is 0 Å². The highest BCUT2D eigenvalue weighted by Crippen LogP contribution is 2.64. The second-order valence-electron chi connectivity index (χ2n) is 22.2.